The van der Waals surface area contributed by atoms with Crippen molar-refractivity contribution >= 4 is 11.8 Å². The number of hydrogen-bond acceptors (Lipinski definition) is 5. The summed E-state index contributed by atoms with van der Waals surface area (Å²) in [6.07, 6.45) is 3.34. The molecule has 0 unspecified atom stereocenters. The van der Waals surface area contributed by atoms with Gasteiger partial charge in [0.2, 0.25) is 0 Å². The maximum atomic E-state index is 12.9. The second-order valence-electron chi connectivity index (χ2n) is 7.66. The molecular weight excluding hydrogens is 384 g/mol. The van der Waals surface area contributed by atoms with Crippen LogP contribution in [0.2, 0.25) is 0 Å². The summed E-state index contributed by atoms with van der Waals surface area (Å²) < 4.78 is 12.7. The summed E-state index contributed by atoms with van der Waals surface area (Å²) in [5, 5.41) is 7.45. The minimum absolute atomic E-state index is 0.0265. The normalized spacial score (nSPS) is 18.6. The Morgan fingerprint density at radius 1 is 1.20 bits per heavy atom. The van der Waals surface area contributed by atoms with E-state index in [2.05, 4.69) is 10.4 Å². The molecule has 8 heteroatoms. The summed E-state index contributed by atoms with van der Waals surface area (Å²) in [7, 11) is 0. The SMILES string of the molecule is CCOc1ccc(C(=O)NC[C@@H]2CCn3ncc(C(=O)N4CCOCC4)c3C2)cc1. The summed E-state index contributed by atoms with van der Waals surface area (Å²) in [4.78, 5) is 27.2. The van der Waals surface area contributed by atoms with Crippen LogP contribution in [0.15, 0.2) is 30.5 Å². The van der Waals surface area contributed by atoms with Crippen molar-refractivity contribution in [2.24, 2.45) is 5.92 Å². The molecule has 1 N–H and O–H groups in total. The Morgan fingerprint density at radius 2 is 1.97 bits per heavy atom. The number of carbonyl (C=O) groups excluding carboxylic acids is 2. The van der Waals surface area contributed by atoms with Gasteiger partial charge < -0.3 is 19.7 Å². The first-order valence-corrected chi connectivity index (χ1v) is 10.6. The molecule has 4 rings (SSSR count). The van der Waals surface area contributed by atoms with E-state index in [1.54, 1.807) is 30.5 Å². The monoisotopic (exact) mass is 412 g/mol. The van der Waals surface area contributed by atoms with Gasteiger partial charge in [-0.05, 0) is 49.9 Å². The predicted molar refractivity (Wildman–Crippen MR) is 111 cm³/mol. The third kappa shape index (κ3) is 4.48. The van der Waals surface area contributed by atoms with Gasteiger partial charge in [0, 0.05) is 31.7 Å². The number of hydrogen-bond donors (Lipinski definition) is 1. The second kappa shape index (κ2) is 9.30. The van der Waals surface area contributed by atoms with Gasteiger partial charge in [0.05, 0.1) is 37.3 Å². The number of nitrogens with zero attached hydrogens (tertiary/aromatic N) is 3. The minimum atomic E-state index is -0.0956. The van der Waals surface area contributed by atoms with Crippen LogP contribution in [0.5, 0.6) is 5.75 Å². The average Bonchev–Trinajstić information content (AvgIpc) is 3.21. The van der Waals surface area contributed by atoms with Crippen molar-refractivity contribution < 1.29 is 19.1 Å². The molecule has 1 aromatic carbocycles. The van der Waals surface area contributed by atoms with E-state index in [4.69, 9.17) is 9.47 Å². The molecule has 0 spiro atoms. The van der Waals surface area contributed by atoms with Crippen molar-refractivity contribution in [2.45, 2.75) is 26.3 Å². The first kappa shape index (κ1) is 20.4. The van der Waals surface area contributed by atoms with Gasteiger partial charge in [0.15, 0.2) is 0 Å². The fourth-order valence-corrected chi connectivity index (χ4v) is 4.00. The van der Waals surface area contributed by atoms with E-state index in [1.807, 2.05) is 16.5 Å². The predicted octanol–water partition coefficient (Wildman–Crippen LogP) is 1.75. The van der Waals surface area contributed by atoms with Gasteiger partial charge in [-0.15, -0.1) is 0 Å². The number of nitrogens with one attached hydrogen (secondary N) is 1. The standard InChI is InChI=1S/C22H28N4O4/c1-2-30-18-5-3-17(4-6-18)21(27)23-14-16-7-8-26-20(13-16)19(15-24-26)22(28)25-9-11-29-12-10-25/h3-6,15-16H,2,7-14H2,1H3,(H,23,27)/t16-/m1/s1. The van der Waals surface area contributed by atoms with Crippen molar-refractivity contribution in [3.63, 3.8) is 0 Å². The van der Waals surface area contributed by atoms with Crippen molar-refractivity contribution in [3.05, 3.63) is 47.3 Å². The van der Waals surface area contributed by atoms with Crippen LogP contribution in [-0.2, 0) is 17.7 Å². The zero-order valence-corrected chi connectivity index (χ0v) is 17.3. The number of carbonyl (C=O) groups is 2. The Kier molecular flexibility index (Phi) is 6.32. The molecule has 0 bridgehead atoms. The molecule has 1 atom stereocenters. The molecule has 0 aliphatic carbocycles. The van der Waals surface area contributed by atoms with Gasteiger partial charge in [0.25, 0.3) is 11.8 Å². The molecule has 1 aromatic heterocycles. The summed E-state index contributed by atoms with van der Waals surface area (Å²) in [5.74, 6) is 0.963. The Balaban J connectivity index is 1.35. The molecule has 30 heavy (non-hydrogen) atoms. The van der Waals surface area contributed by atoms with Crippen molar-refractivity contribution in [3.8, 4) is 5.75 Å². The number of benzene rings is 1. The molecule has 160 valence electrons. The molecule has 2 aliphatic rings. The van der Waals surface area contributed by atoms with Crippen LogP contribution in [0.4, 0.5) is 0 Å². The summed E-state index contributed by atoms with van der Waals surface area (Å²) in [5.41, 5.74) is 2.26. The van der Waals surface area contributed by atoms with E-state index in [-0.39, 0.29) is 17.7 Å². The van der Waals surface area contributed by atoms with E-state index in [1.165, 1.54) is 0 Å². The van der Waals surface area contributed by atoms with Crippen molar-refractivity contribution in [1.29, 1.82) is 0 Å². The van der Waals surface area contributed by atoms with Crippen LogP contribution in [-0.4, -0.2) is 65.9 Å². The molecule has 3 heterocycles. The maximum Gasteiger partial charge on any atom is 0.257 e. The van der Waals surface area contributed by atoms with Gasteiger partial charge in [-0.3, -0.25) is 14.3 Å². The Morgan fingerprint density at radius 3 is 2.70 bits per heavy atom. The maximum absolute atomic E-state index is 12.9. The van der Waals surface area contributed by atoms with Crippen LogP contribution in [0, 0.1) is 5.92 Å². The summed E-state index contributed by atoms with van der Waals surface area (Å²) in [6.45, 7) is 6.25. The highest BCUT2D eigenvalue weighted by atomic mass is 16.5. The van der Waals surface area contributed by atoms with E-state index >= 15 is 0 Å². The van der Waals surface area contributed by atoms with E-state index in [9.17, 15) is 9.59 Å². The Bertz CT molecular complexity index is 887. The van der Waals surface area contributed by atoms with Gasteiger partial charge in [-0.1, -0.05) is 0 Å². The molecular formula is C22H28N4O4. The highest BCUT2D eigenvalue weighted by molar-refractivity contribution is 5.95. The smallest absolute Gasteiger partial charge is 0.257 e. The first-order valence-electron chi connectivity index (χ1n) is 10.6. The molecule has 2 amide bonds. The Labute approximate surface area is 176 Å². The number of aryl methyl sites for hydroxylation is 1. The number of aromatic nitrogens is 2. The quantitative estimate of drug-likeness (QED) is 0.781. The molecule has 8 nitrogen and oxygen atoms in total. The van der Waals surface area contributed by atoms with Crippen molar-refractivity contribution in [2.75, 3.05) is 39.5 Å². The van der Waals surface area contributed by atoms with Crippen LogP contribution in [0.25, 0.3) is 0 Å². The van der Waals surface area contributed by atoms with Crippen LogP contribution >= 0.6 is 0 Å². The third-order valence-electron chi connectivity index (χ3n) is 5.69. The lowest BCUT2D eigenvalue weighted by Gasteiger charge is -2.28. The topological polar surface area (TPSA) is 85.7 Å². The van der Waals surface area contributed by atoms with E-state index in [0.717, 1.165) is 30.8 Å². The second-order valence-corrected chi connectivity index (χ2v) is 7.66. The van der Waals surface area contributed by atoms with E-state index < -0.39 is 0 Å². The van der Waals surface area contributed by atoms with Crippen LogP contribution < -0.4 is 10.1 Å². The molecule has 0 radical (unpaired) electrons. The summed E-state index contributed by atoms with van der Waals surface area (Å²) >= 11 is 0. The van der Waals surface area contributed by atoms with Crippen LogP contribution in [0.1, 0.15) is 39.8 Å². The molecule has 0 saturated carbocycles. The largest absolute Gasteiger partial charge is 0.494 e. The fourth-order valence-electron chi connectivity index (χ4n) is 4.00. The summed E-state index contributed by atoms with van der Waals surface area (Å²) in [6, 6.07) is 7.16. The number of amides is 2. The lowest BCUT2D eigenvalue weighted by atomic mass is 9.94. The van der Waals surface area contributed by atoms with Crippen LogP contribution in [0.3, 0.4) is 0 Å². The number of rotatable bonds is 6. The zero-order chi connectivity index (χ0) is 20.9. The molecule has 1 saturated heterocycles. The lowest BCUT2D eigenvalue weighted by Crippen LogP contribution is -2.41. The number of morpholine rings is 1. The first-order chi connectivity index (χ1) is 14.7. The Hall–Kier alpha value is -2.87. The lowest BCUT2D eigenvalue weighted by molar-refractivity contribution is 0.0301. The highest BCUT2D eigenvalue weighted by Gasteiger charge is 2.28. The van der Waals surface area contributed by atoms with Crippen molar-refractivity contribution in [1.82, 2.24) is 20.0 Å². The number of ether oxygens (including phenoxy) is 2. The average molecular weight is 412 g/mol. The van der Waals surface area contributed by atoms with Gasteiger partial charge in [-0.25, -0.2) is 0 Å². The van der Waals surface area contributed by atoms with Gasteiger partial charge in [0.1, 0.15) is 5.75 Å². The molecule has 1 fully saturated rings. The zero-order valence-electron chi connectivity index (χ0n) is 17.3. The molecule has 2 aliphatic heterocycles. The molecule has 2 aromatic rings. The third-order valence-corrected chi connectivity index (χ3v) is 5.69. The minimum Gasteiger partial charge on any atom is -0.494 e. The highest BCUT2D eigenvalue weighted by Crippen LogP contribution is 2.24. The fraction of sp³-hybridized carbons (Fsp3) is 0.500. The van der Waals surface area contributed by atoms with Gasteiger partial charge >= 0.3 is 0 Å². The van der Waals surface area contributed by atoms with E-state index in [0.29, 0.717) is 50.6 Å². The van der Waals surface area contributed by atoms with Gasteiger partial charge in [-0.2, -0.15) is 5.10 Å². The number of fused-ring (bicyclic) bond motifs is 1.